The van der Waals surface area contributed by atoms with Crippen molar-refractivity contribution in [1.29, 1.82) is 0 Å². The van der Waals surface area contributed by atoms with Gasteiger partial charge in [0.25, 0.3) is 0 Å². The fraction of sp³-hybridized carbons (Fsp3) is 0.727. The van der Waals surface area contributed by atoms with Crippen molar-refractivity contribution in [2.75, 3.05) is 64.9 Å². The van der Waals surface area contributed by atoms with Crippen LogP contribution in [0.5, 0.6) is 0 Å². The molecule has 1 aliphatic heterocycles. The Morgan fingerprint density at radius 2 is 1.77 bits per heavy atom. The Hall–Kier alpha value is -1.10. The maximum atomic E-state index is 5.79. The lowest BCUT2D eigenvalue weighted by Gasteiger charge is -2.34. The van der Waals surface area contributed by atoms with E-state index in [1.807, 2.05) is 0 Å². The molecule has 2 rings (SSSR count). The second kappa shape index (κ2) is 11.6. The van der Waals surface area contributed by atoms with Crippen LogP contribution >= 0.6 is 0 Å². The van der Waals surface area contributed by atoms with Crippen LogP contribution in [0.3, 0.4) is 0 Å². The predicted molar refractivity (Wildman–Crippen MR) is 112 cm³/mol. The molecule has 0 N–H and O–H groups in total. The molecule has 1 atom stereocenters. The summed E-state index contributed by atoms with van der Waals surface area (Å²) in [6.45, 7) is 12.9. The smallest absolute Gasteiger partial charge is 0.0593 e. The van der Waals surface area contributed by atoms with Crippen LogP contribution in [-0.2, 0) is 11.3 Å². The zero-order valence-corrected chi connectivity index (χ0v) is 17.4. The van der Waals surface area contributed by atoms with E-state index < -0.39 is 0 Å². The standard InChI is InChI=1S/C22H39N3O/c1-5-20(2)7-6-17-26-18-16-24(4)19-21-8-10-22(11-9-21)25-14-12-23(3)13-15-25/h8-11,20H,5-7,12-19H2,1-4H3. The van der Waals surface area contributed by atoms with Gasteiger partial charge >= 0.3 is 0 Å². The van der Waals surface area contributed by atoms with Crippen LogP contribution in [-0.4, -0.2) is 69.8 Å². The monoisotopic (exact) mass is 361 g/mol. The highest BCUT2D eigenvalue weighted by molar-refractivity contribution is 5.48. The van der Waals surface area contributed by atoms with E-state index in [0.29, 0.717) is 0 Å². The molecule has 148 valence electrons. The molecule has 1 saturated heterocycles. The highest BCUT2D eigenvalue weighted by atomic mass is 16.5. The molecule has 1 heterocycles. The zero-order valence-electron chi connectivity index (χ0n) is 17.4. The Kier molecular flexibility index (Phi) is 9.44. The summed E-state index contributed by atoms with van der Waals surface area (Å²) in [5.74, 6) is 0.829. The Labute approximate surface area is 161 Å². The Morgan fingerprint density at radius 3 is 2.42 bits per heavy atom. The second-order valence-corrected chi connectivity index (χ2v) is 7.96. The number of anilines is 1. The van der Waals surface area contributed by atoms with E-state index in [9.17, 15) is 0 Å². The summed E-state index contributed by atoms with van der Waals surface area (Å²) < 4.78 is 5.79. The van der Waals surface area contributed by atoms with Gasteiger partial charge < -0.3 is 14.5 Å². The van der Waals surface area contributed by atoms with Crippen molar-refractivity contribution >= 4 is 5.69 Å². The summed E-state index contributed by atoms with van der Waals surface area (Å²) in [5, 5.41) is 0. The van der Waals surface area contributed by atoms with Crippen molar-refractivity contribution in [3.8, 4) is 0 Å². The number of hydrogen-bond acceptors (Lipinski definition) is 4. The number of benzene rings is 1. The second-order valence-electron chi connectivity index (χ2n) is 7.96. The molecule has 4 heteroatoms. The van der Waals surface area contributed by atoms with Gasteiger partial charge in [-0.15, -0.1) is 0 Å². The number of piperazine rings is 1. The lowest BCUT2D eigenvalue weighted by atomic mass is 10.0. The van der Waals surface area contributed by atoms with Gasteiger partial charge in [0, 0.05) is 51.6 Å². The maximum absolute atomic E-state index is 5.79. The Balaban J connectivity index is 1.62. The first-order valence-corrected chi connectivity index (χ1v) is 10.4. The fourth-order valence-corrected chi connectivity index (χ4v) is 3.33. The molecule has 1 aliphatic rings. The lowest BCUT2D eigenvalue weighted by Crippen LogP contribution is -2.44. The summed E-state index contributed by atoms with van der Waals surface area (Å²) in [5.41, 5.74) is 2.73. The van der Waals surface area contributed by atoms with Crippen LogP contribution in [0, 0.1) is 5.92 Å². The molecule has 1 aromatic carbocycles. The minimum Gasteiger partial charge on any atom is -0.380 e. The van der Waals surface area contributed by atoms with Gasteiger partial charge in [-0.1, -0.05) is 32.4 Å². The zero-order chi connectivity index (χ0) is 18.8. The van der Waals surface area contributed by atoms with E-state index in [1.54, 1.807) is 0 Å². The first kappa shape index (κ1) is 21.2. The SMILES string of the molecule is CCC(C)CCCOCCN(C)Cc1ccc(N2CCN(C)CC2)cc1. The predicted octanol–water partition coefficient (Wildman–Crippen LogP) is 3.71. The molecule has 0 bridgehead atoms. The van der Waals surface area contributed by atoms with Gasteiger partial charge in [0.05, 0.1) is 6.61 Å². The van der Waals surface area contributed by atoms with Gasteiger partial charge in [-0.2, -0.15) is 0 Å². The minimum atomic E-state index is 0.829. The molecule has 4 nitrogen and oxygen atoms in total. The van der Waals surface area contributed by atoms with E-state index in [0.717, 1.165) is 58.4 Å². The van der Waals surface area contributed by atoms with Crippen molar-refractivity contribution in [3.63, 3.8) is 0 Å². The normalized spacial score (nSPS) is 17.0. The van der Waals surface area contributed by atoms with E-state index in [1.165, 1.54) is 30.5 Å². The molecule has 0 amide bonds. The van der Waals surface area contributed by atoms with Gasteiger partial charge in [-0.3, -0.25) is 4.90 Å². The summed E-state index contributed by atoms with van der Waals surface area (Å²) >= 11 is 0. The molecule has 26 heavy (non-hydrogen) atoms. The third-order valence-corrected chi connectivity index (χ3v) is 5.56. The van der Waals surface area contributed by atoms with Crippen molar-refractivity contribution in [1.82, 2.24) is 9.80 Å². The van der Waals surface area contributed by atoms with Crippen LogP contribution in [0.1, 0.15) is 38.7 Å². The van der Waals surface area contributed by atoms with Gasteiger partial charge in [-0.05, 0) is 50.6 Å². The van der Waals surface area contributed by atoms with E-state index >= 15 is 0 Å². The van der Waals surface area contributed by atoms with Gasteiger partial charge in [0.15, 0.2) is 0 Å². The molecular formula is C22H39N3O. The number of rotatable bonds is 11. The molecule has 1 fully saturated rings. The average Bonchev–Trinajstić information content (AvgIpc) is 2.65. The van der Waals surface area contributed by atoms with E-state index in [2.05, 4.69) is 66.9 Å². The summed E-state index contributed by atoms with van der Waals surface area (Å²) in [7, 11) is 4.38. The summed E-state index contributed by atoms with van der Waals surface area (Å²) in [4.78, 5) is 7.23. The van der Waals surface area contributed by atoms with Crippen LogP contribution in [0.15, 0.2) is 24.3 Å². The highest BCUT2D eigenvalue weighted by Crippen LogP contribution is 2.17. The van der Waals surface area contributed by atoms with Gasteiger partial charge in [0.1, 0.15) is 0 Å². The molecule has 0 aliphatic carbocycles. The summed E-state index contributed by atoms with van der Waals surface area (Å²) in [6.07, 6.45) is 3.74. The molecular weight excluding hydrogens is 322 g/mol. The van der Waals surface area contributed by atoms with Crippen LogP contribution < -0.4 is 4.90 Å². The molecule has 0 aromatic heterocycles. The molecule has 0 spiro atoms. The number of nitrogens with zero attached hydrogens (tertiary/aromatic N) is 3. The van der Waals surface area contributed by atoms with Crippen molar-refractivity contribution < 1.29 is 4.74 Å². The average molecular weight is 362 g/mol. The lowest BCUT2D eigenvalue weighted by molar-refractivity contribution is 0.104. The first-order chi connectivity index (χ1) is 12.6. The molecule has 0 radical (unpaired) electrons. The van der Waals surface area contributed by atoms with Crippen LogP contribution in [0.2, 0.25) is 0 Å². The highest BCUT2D eigenvalue weighted by Gasteiger charge is 2.14. The number of ether oxygens (including phenoxy) is 1. The number of hydrogen-bond donors (Lipinski definition) is 0. The first-order valence-electron chi connectivity index (χ1n) is 10.4. The topological polar surface area (TPSA) is 19.0 Å². The van der Waals surface area contributed by atoms with Gasteiger partial charge in [0.2, 0.25) is 0 Å². The molecule has 1 unspecified atom stereocenters. The largest absolute Gasteiger partial charge is 0.380 e. The van der Waals surface area contributed by atoms with Crippen molar-refractivity contribution in [2.45, 2.75) is 39.7 Å². The maximum Gasteiger partial charge on any atom is 0.0593 e. The molecule has 1 aromatic rings. The minimum absolute atomic E-state index is 0.829. The summed E-state index contributed by atoms with van der Waals surface area (Å²) in [6, 6.07) is 9.11. The van der Waals surface area contributed by atoms with Gasteiger partial charge in [-0.25, -0.2) is 0 Å². The van der Waals surface area contributed by atoms with Crippen molar-refractivity contribution in [3.05, 3.63) is 29.8 Å². The third kappa shape index (κ3) is 7.65. The quantitative estimate of drug-likeness (QED) is 0.559. The van der Waals surface area contributed by atoms with Crippen molar-refractivity contribution in [2.24, 2.45) is 5.92 Å². The molecule has 0 saturated carbocycles. The van der Waals surface area contributed by atoms with E-state index in [-0.39, 0.29) is 0 Å². The Bertz CT molecular complexity index is 483. The number of likely N-dealkylation sites (N-methyl/N-ethyl adjacent to an activating group) is 2. The van der Waals surface area contributed by atoms with E-state index in [4.69, 9.17) is 4.74 Å². The Morgan fingerprint density at radius 1 is 1.08 bits per heavy atom. The third-order valence-electron chi connectivity index (χ3n) is 5.56. The van der Waals surface area contributed by atoms with Crippen LogP contribution in [0.25, 0.3) is 0 Å². The van der Waals surface area contributed by atoms with Crippen LogP contribution in [0.4, 0.5) is 5.69 Å². The fourth-order valence-electron chi connectivity index (χ4n) is 3.33.